The van der Waals surface area contributed by atoms with Gasteiger partial charge in [-0.05, 0) is 24.9 Å². The van der Waals surface area contributed by atoms with E-state index >= 15 is 0 Å². The number of ether oxygens (including phenoxy) is 2. The minimum absolute atomic E-state index is 0.116. The number of amides is 1. The van der Waals surface area contributed by atoms with Gasteiger partial charge < -0.3 is 23.9 Å². The fourth-order valence-electron chi connectivity index (χ4n) is 2.73. The molecular weight excluding hydrogens is 300 g/mol. The van der Waals surface area contributed by atoms with E-state index in [0.29, 0.717) is 6.61 Å². The van der Waals surface area contributed by atoms with E-state index < -0.39 is 0 Å². The maximum Gasteiger partial charge on any atom is 0.290 e. The molecule has 1 amide bonds. The van der Waals surface area contributed by atoms with Crippen LogP contribution in [-0.4, -0.2) is 40.4 Å². The molecule has 124 valence electrons. The van der Waals surface area contributed by atoms with Crippen molar-refractivity contribution in [3.63, 3.8) is 0 Å². The second-order valence-electron chi connectivity index (χ2n) is 5.32. The number of methoxy groups -OCH3 is 1. The average Bonchev–Trinajstić information content (AvgIpc) is 3.24. The van der Waals surface area contributed by atoms with E-state index in [1.165, 1.54) is 13.2 Å². The molecule has 0 bridgehead atoms. The van der Waals surface area contributed by atoms with Crippen LogP contribution in [0.15, 0.2) is 23.0 Å². The Morgan fingerprint density at radius 2 is 2.43 bits per heavy atom. The molecule has 0 aliphatic carbocycles. The van der Waals surface area contributed by atoms with Crippen LogP contribution in [0.1, 0.15) is 42.2 Å². The molecule has 0 aromatic carbocycles. The van der Waals surface area contributed by atoms with Gasteiger partial charge in [0, 0.05) is 25.5 Å². The number of aromatic nitrogens is 3. The van der Waals surface area contributed by atoms with Crippen molar-refractivity contribution < 1.29 is 18.8 Å². The zero-order chi connectivity index (χ0) is 16.2. The van der Waals surface area contributed by atoms with Crippen LogP contribution in [0.2, 0.25) is 0 Å². The van der Waals surface area contributed by atoms with Crippen LogP contribution in [0.25, 0.3) is 0 Å². The number of nitrogens with one attached hydrogen (secondary N) is 1. The fraction of sp³-hybridized carbons (Fsp3) is 0.533. The maximum atomic E-state index is 12.3. The standard InChI is InChI=1S/C15H20N4O4/c1-3-19-7-6-16-14(19)13-10(5-4-8-22-13)17-15(20)11-9-12(21-2)18-23-11/h6-7,9-10,13H,3-5,8H2,1-2H3,(H,17,20)/t10-,13-/m0/s1. The van der Waals surface area contributed by atoms with Crippen LogP contribution in [0, 0.1) is 0 Å². The van der Waals surface area contributed by atoms with E-state index in [2.05, 4.69) is 15.5 Å². The van der Waals surface area contributed by atoms with E-state index in [1.807, 2.05) is 17.7 Å². The fourth-order valence-corrected chi connectivity index (χ4v) is 2.73. The van der Waals surface area contributed by atoms with Crippen molar-refractivity contribution in [2.75, 3.05) is 13.7 Å². The smallest absolute Gasteiger partial charge is 0.290 e. The number of carbonyl (C=O) groups is 1. The molecule has 3 rings (SSSR count). The molecule has 1 N–H and O–H groups in total. The van der Waals surface area contributed by atoms with Gasteiger partial charge in [0.15, 0.2) is 0 Å². The lowest BCUT2D eigenvalue weighted by molar-refractivity contribution is -0.0166. The van der Waals surface area contributed by atoms with Crippen molar-refractivity contribution in [3.05, 3.63) is 30.0 Å². The Bertz CT molecular complexity index is 666. The zero-order valence-electron chi connectivity index (χ0n) is 13.2. The highest BCUT2D eigenvalue weighted by Gasteiger charge is 2.32. The largest absolute Gasteiger partial charge is 0.479 e. The predicted molar refractivity (Wildman–Crippen MR) is 80.1 cm³/mol. The van der Waals surface area contributed by atoms with Crippen LogP contribution in [0.3, 0.4) is 0 Å². The summed E-state index contributed by atoms with van der Waals surface area (Å²) in [5, 5.41) is 6.60. The van der Waals surface area contributed by atoms with Crippen LogP contribution < -0.4 is 10.1 Å². The molecule has 1 aliphatic rings. The minimum atomic E-state index is -0.337. The van der Waals surface area contributed by atoms with Crippen LogP contribution in [0.5, 0.6) is 5.88 Å². The van der Waals surface area contributed by atoms with Crippen molar-refractivity contribution in [3.8, 4) is 5.88 Å². The maximum absolute atomic E-state index is 12.3. The van der Waals surface area contributed by atoms with Gasteiger partial charge in [0.1, 0.15) is 11.9 Å². The van der Waals surface area contributed by atoms with E-state index in [0.717, 1.165) is 25.2 Å². The number of nitrogens with zero attached hydrogens (tertiary/aromatic N) is 3. The van der Waals surface area contributed by atoms with Gasteiger partial charge in [-0.1, -0.05) is 0 Å². The van der Waals surface area contributed by atoms with Gasteiger partial charge in [-0.2, -0.15) is 0 Å². The van der Waals surface area contributed by atoms with Gasteiger partial charge in [-0.25, -0.2) is 4.98 Å². The van der Waals surface area contributed by atoms with Crippen molar-refractivity contribution in [1.29, 1.82) is 0 Å². The third-order valence-corrected chi connectivity index (χ3v) is 3.90. The second-order valence-corrected chi connectivity index (χ2v) is 5.32. The molecule has 23 heavy (non-hydrogen) atoms. The van der Waals surface area contributed by atoms with Gasteiger partial charge in [0.2, 0.25) is 5.76 Å². The molecule has 1 saturated heterocycles. The highest BCUT2D eigenvalue weighted by Crippen LogP contribution is 2.28. The third kappa shape index (κ3) is 3.21. The number of carbonyl (C=O) groups excluding carboxylic acids is 1. The summed E-state index contributed by atoms with van der Waals surface area (Å²) in [4.78, 5) is 16.7. The number of hydrogen-bond acceptors (Lipinski definition) is 6. The van der Waals surface area contributed by atoms with Crippen molar-refractivity contribution in [2.24, 2.45) is 0 Å². The summed E-state index contributed by atoms with van der Waals surface area (Å²) in [6, 6.07) is 1.29. The van der Waals surface area contributed by atoms with Crippen LogP contribution in [0.4, 0.5) is 0 Å². The zero-order valence-corrected chi connectivity index (χ0v) is 13.2. The van der Waals surface area contributed by atoms with Gasteiger partial charge in [0.25, 0.3) is 11.8 Å². The van der Waals surface area contributed by atoms with E-state index in [1.54, 1.807) is 6.20 Å². The summed E-state index contributed by atoms with van der Waals surface area (Å²) in [5.74, 6) is 0.877. The van der Waals surface area contributed by atoms with Crippen molar-refractivity contribution in [1.82, 2.24) is 20.0 Å². The Balaban J connectivity index is 1.75. The first-order chi connectivity index (χ1) is 11.2. The van der Waals surface area contributed by atoms with E-state index in [9.17, 15) is 4.79 Å². The second kappa shape index (κ2) is 6.82. The van der Waals surface area contributed by atoms with Crippen LogP contribution >= 0.6 is 0 Å². The molecule has 2 aromatic rings. The molecule has 8 heteroatoms. The summed E-state index contributed by atoms with van der Waals surface area (Å²) >= 11 is 0. The summed E-state index contributed by atoms with van der Waals surface area (Å²) in [6.07, 6.45) is 5.09. The Kier molecular flexibility index (Phi) is 4.61. The molecule has 1 fully saturated rings. The first kappa shape index (κ1) is 15.5. The predicted octanol–water partition coefficient (Wildman–Crippen LogP) is 1.55. The van der Waals surface area contributed by atoms with Gasteiger partial charge in [0.05, 0.1) is 19.2 Å². The lowest BCUT2D eigenvalue weighted by Gasteiger charge is -2.31. The minimum Gasteiger partial charge on any atom is -0.479 e. The van der Waals surface area contributed by atoms with Gasteiger partial charge >= 0.3 is 0 Å². The lowest BCUT2D eigenvalue weighted by Crippen LogP contribution is -2.43. The van der Waals surface area contributed by atoms with Crippen LogP contribution in [-0.2, 0) is 11.3 Å². The Hall–Kier alpha value is -2.35. The summed E-state index contributed by atoms with van der Waals surface area (Å²) in [6.45, 7) is 3.50. The summed E-state index contributed by atoms with van der Waals surface area (Å²) in [7, 11) is 1.47. The first-order valence-corrected chi connectivity index (χ1v) is 7.67. The number of aryl methyl sites for hydroxylation is 1. The molecule has 2 aromatic heterocycles. The Labute approximate surface area is 133 Å². The monoisotopic (exact) mass is 320 g/mol. The quantitative estimate of drug-likeness (QED) is 0.898. The van der Waals surface area contributed by atoms with Crippen molar-refractivity contribution >= 4 is 5.91 Å². The molecule has 0 radical (unpaired) electrons. The lowest BCUT2D eigenvalue weighted by atomic mass is 10.0. The molecule has 3 heterocycles. The topological polar surface area (TPSA) is 91.4 Å². The molecular formula is C15H20N4O4. The van der Waals surface area contributed by atoms with E-state index in [4.69, 9.17) is 14.0 Å². The molecule has 0 spiro atoms. The highest BCUT2D eigenvalue weighted by molar-refractivity contribution is 5.91. The van der Waals surface area contributed by atoms with E-state index in [-0.39, 0.29) is 29.7 Å². The van der Waals surface area contributed by atoms with Crippen molar-refractivity contribution in [2.45, 2.75) is 38.5 Å². The number of rotatable bonds is 5. The summed E-state index contributed by atoms with van der Waals surface area (Å²) in [5.41, 5.74) is 0. The Morgan fingerprint density at radius 1 is 1.57 bits per heavy atom. The molecule has 8 nitrogen and oxygen atoms in total. The normalized spacial score (nSPS) is 21.1. The highest BCUT2D eigenvalue weighted by atomic mass is 16.5. The molecule has 1 aliphatic heterocycles. The summed E-state index contributed by atoms with van der Waals surface area (Å²) < 4.78 is 17.8. The van der Waals surface area contributed by atoms with Gasteiger partial charge in [-0.15, -0.1) is 0 Å². The molecule has 0 saturated carbocycles. The van der Waals surface area contributed by atoms with Gasteiger partial charge in [-0.3, -0.25) is 4.79 Å². The average molecular weight is 320 g/mol. The number of imidazole rings is 1. The first-order valence-electron chi connectivity index (χ1n) is 7.67. The molecule has 0 unspecified atom stereocenters. The number of hydrogen-bond donors (Lipinski definition) is 1. The third-order valence-electron chi connectivity index (χ3n) is 3.90. The molecule has 2 atom stereocenters. The SMILES string of the molecule is CCn1ccnc1[C@H]1OCCC[C@@H]1NC(=O)c1cc(OC)no1. The Morgan fingerprint density at radius 3 is 3.17 bits per heavy atom.